The summed E-state index contributed by atoms with van der Waals surface area (Å²) in [6, 6.07) is 22.8. The zero-order valence-electron chi connectivity index (χ0n) is 27.5. The van der Waals surface area contributed by atoms with Crippen LogP contribution < -0.4 is 25.1 Å². The highest BCUT2D eigenvalue weighted by Crippen LogP contribution is 2.40. The minimum atomic E-state index is -0.945. The van der Waals surface area contributed by atoms with Crippen molar-refractivity contribution in [1.29, 1.82) is 0 Å². The molecule has 0 aromatic heterocycles. The van der Waals surface area contributed by atoms with Crippen LogP contribution >= 0.6 is 35.0 Å². The number of amides is 3. The Bertz CT molecular complexity index is 1920. The van der Waals surface area contributed by atoms with Gasteiger partial charge in [0, 0.05) is 11.3 Å². The summed E-state index contributed by atoms with van der Waals surface area (Å²) in [6.07, 6.45) is 1.85. The molecule has 9 nitrogen and oxygen atoms in total. The number of benzene rings is 4. The van der Waals surface area contributed by atoms with Crippen LogP contribution in [0.4, 0.5) is 11.4 Å². The molecule has 5 rings (SSSR count). The molecule has 0 saturated heterocycles. The lowest BCUT2D eigenvalue weighted by molar-refractivity contribution is -0.118. The summed E-state index contributed by atoms with van der Waals surface area (Å²) < 4.78 is 11.7. The number of amidine groups is 1. The number of nitrogens with one attached hydrogen (secondary N) is 2. The fourth-order valence-corrected chi connectivity index (χ4v) is 6.52. The van der Waals surface area contributed by atoms with Crippen molar-refractivity contribution in [2.75, 3.05) is 23.5 Å². The van der Waals surface area contributed by atoms with Gasteiger partial charge in [0.25, 0.3) is 17.7 Å². The van der Waals surface area contributed by atoms with Crippen LogP contribution in [0.3, 0.4) is 0 Å². The number of unbranched alkanes of at least 4 members (excludes halogenated alkanes) is 1. The molecule has 1 aliphatic rings. The van der Waals surface area contributed by atoms with Crippen molar-refractivity contribution in [3.63, 3.8) is 0 Å². The van der Waals surface area contributed by atoms with E-state index in [1.165, 1.54) is 17.8 Å². The smallest absolute Gasteiger partial charge is 0.268 e. The first kappa shape index (κ1) is 35.8. The van der Waals surface area contributed by atoms with Crippen molar-refractivity contribution < 1.29 is 23.9 Å². The van der Waals surface area contributed by atoms with E-state index < -0.39 is 17.1 Å². The van der Waals surface area contributed by atoms with Crippen molar-refractivity contribution in [3.8, 4) is 11.5 Å². The van der Waals surface area contributed by atoms with Gasteiger partial charge in [-0.2, -0.15) is 5.01 Å². The second-order valence-electron chi connectivity index (χ2n) is 11.5. The number of hydrogen-bond acceptors (Lipinski definition) is 7. The molecule has 1 heterocycles. The highest BCUT2D eigenvalue weighted by atomic mass is 35.5. The number of hydrogen-bond donors (Lipinski definition) is 2. The third-order valence-electron chi connectivity index (χ3n) is 7.49. The fraction of sp³-hybridized carbons (Fsp3) is 0.243. The predicted octanol–water partition coefficient (Wildman–Crippen LogP) is 8.37. The number of carbonyl (C=O) groups excluding carboxylic acids is 3. The largest absolute Gasteiger partial charge is 0.492 e. The molecule has 0 radical (unpaired) electrons. The molecule has 1 unspecified atom stereocenters. The van der Waals surface area contributed by atoms with Gasteiger partial charge in [-0.05, 0) is 86.8 Å². The average Bonchev–Trinajstić information content (AvgIpc) is 3.36. The molecular weight excluding hydrogens is 683 g/mol. The quantitative estimate of drug-likeness (QED) is 0.143. The van der Waals surface area contributed by atoms with Crippen LogP contribution in [0, 0.1) is 20.8 Å². The Labute approximate surface area is 300 Å². The summed E-state index contributed by atoms with van der Waals surface area (Å²) in [4.78, 5) is 41.0. The van der Waals surface area contributed by atoms with Gasteiger partial charge in [-0.1, -0.05) is 72.4 Å². The van der Waals surface area contributed by atoms with E-state index in [0.717, 1.165) is 39.4 Å². The zero-order valence-corrected chi connectivity index (χ0v) is 29.8. The molecule has 0 fully saturated rings. The van der Waals surface area contributed by atoms with E-state index in [1.807, 2.05) is 57.2 Å². The van der Waals surface area contributed by atoms with Gasteiger partial charge in [-0.3, -0.25) is 14.4 Å². The van der Waals surface area contributed by atoms with E-state index in [1.54, 1.807) is 36.4 Å². The van der Waals surface area contributed by atoms with Crippen LogP contribution in [0.25, 0.3) is 0 Å². The Morgan fingerprint density at radius 2 is 1.63 bits per heavy atom. The van der Waals surface area contributed by atoms with Crippen LogP contribution in [0.1, 0.15) is 46.8 Å². The zero-order chi connectivity index (χ0) is 35.1. The van der Waals surface area contributed by atoms with Crippen LogP contribution in [0.15, 0.2) is 88.9 Å². The molecular formula is C37H36Cl2N4O5S. The van der Waals surface area contributed by atoms with Gasteiger partial charge >= 0.3 is 0 Å². The maximum absolute atomic E-state index is 14.0. The Balaban J connectivity index is 1.36. The Morgan fingerprint density at radius 3 is 2.39 bits per heavy atom. The summed E-state index contributed by atoms with van der Waals surface area (Å²) in [5, 5.41) is 10.7. The number of ether oxygens (including phenoxy) is 2. The minimum absolute atomic E-state index is 0.105. The summed E-state index contributed by atoms with van der Waals surface area (Å²) in [5.74, 6) is 0.0217. The first-order valence-corrected chi connectivity index (χ1v) is 17.4. The van der Waals surface area contributed by atoms with Crippen LogP contribution in [0.2, 0.25) is 10.0 Å². The lowest BCUT2D eigenvalue weighted by atomic mass is 10.1. The molecule has 1 aliphatic heterocycles. The molecule has 0 saturated carbocycles. The van der Waals surface area contributed by atoms with Crippen molar-refractivity contribution >= 4 is 69.9 Å². The lowest BCUT2D eigenvalue weighted by Gasteiger charge is -2.18. The van der Waals surface area contributed by atoms with E-state index >= 15 is 0 Å². The molecule has 2 N–H and O–H groups in total. The van der Waals surface area contributed by atoms with E-state index in [2.05, 4.69) is 22.7 Å². The minimum Gasteiger partial charge on any atom is -0.492 e. The molecule has 0 bridgehead atoms. The van der Waals surface area contributed by atoms with E-state index in [-0.39, 0.29) is 39.6 Å². The summed E-state index contributed by atoms with van der Waals surface area (Å²) in [6.45, 7) is 8.25. The molecule has 1 atom stereocenters. The predicted molar refractivity (Wildman–Crippen MR) is 197 cm³/mol. The topological polar surface area (TPSA) is 109 Å². The molecule has 3 amide bonds. The van der Waals surface area contributed by atoms with E-state index in [4.69, 9.17) is 32.7 Å². The van der Waals surface area contributed by atoms with Crippen LogP contribution in [0.5, 0.6) is 11.5 Å². The van der Waals surface area contributed by atoms with Crippen molar-refractivity contribution in [2.24, 2.45) is 5.10 Å². The van der Waals surface area contributed by atoms with Gasteiger partial charge in [-0.15, -0.1) is 16.9 Å². The van der Waals surface area contributed by atoms with Gasteiger partial charge in [0.15, 0.2) is 17.7 Å². The Kier molecular flexibility index (Phi) is 11.9. The highest BCUT2D eigenvalue weighted by molar-refractivity contribution is 8.01. The number of rotatable bonds is 12. The van der Waals surface area contributed by atoms with Crippen LogP contribution in [-0.4, -0.2) is 42.0 Å². The third kappa shape index (κ3) is 8.94. The highest BCUT2D eigenvalue weighted by Gasteiger charge is 2.40. The number of nitrogens with zero attached hydrogens (tertiary/aromatic N) is 2. The lowest BCUT2D eigenvalue weighted by Crippen LogP contribution is -2.39. The summed E-state index contributed by atoms with van der Waals surface area (Å²) in [7, 11) is 0. The standard InChI is InChI=1S/C37H36Cl2N4O5S/c1-5-6-17-47-30-16-14-23(3)19-31(30)49-34-35(42-43(37(34)46)28-12-8-11-27(38)33(28)39)41-36(45)25-9-7-10-26(20-25)40-32(44)21-48-29-15-13-22(2)18-24(29)4/h7-16,18-20,34H,5-6,17,21H2,1-4H3,(H,40,44)(H,41,42,45). The SMILES string of the molecule is CCCCOc1ccc(C)cc1SC1C(=O)N(c2cccc(Cl)c2Cl)N=C1NC(=O)c1cccc(NC(=O)COc2ccc(C)cc2C)c1. The Morgan fingerprint density at radius 1 is 0.898 bits per heavy atom. The van der Waals surface area contributed by atoms with Gasteiger partial charge in [0.05, 0.1) is 27.2 Å². The number of thioether (sulfide) groups is 1. The van der Waals surface area contributed by atoms with Crippen molar-refractivity contribution in [3.05, 3.63) is 111 Å². The molecule has 12 heteroatoms. The number of halogens is 2. The van der Waals surface area contributed by atoms with Crippen molar-refractivity contribution in [1.82, 2.24) is 5.32 Å². The summed E-state index contributed by atoms with van der Waals surface area (Å²) >= 11 is 14.0. The maximum Gasteiger partial charge on any atom is 0.268 e. The normalized spacial score (nSPS) is 14.0. The Hall–Kier alpha value is -4.51. The monoisotopic (exact) mass is 718 g/mol. The molecule has 4 aromatic carbocycles. The molecule has 49 heavy (non-hydrogen) atoms. The van der Waals surface area contributed by atoms with E-state index in [9.17, 15) is 14.4 Å². The second-order valence-corrected chi connectivity index (χ2v) is 13.4. The first-order chi connectivity index (χ1) is 23.5. The van der Waals surface area contributed by atoms with Crippen LogP contribution in [-0.2, 0) is 9.59 Å². The molecule has 254 valence electrons. The fourth-order valence-electron chi connectivity index (χ4n) is 4.97. The number of carbonyl (C=O) groups is 3. The van der Waals surface area contributed by atoms with Gasteiger partial charge in [0.2, 0.25) is 0 Å². The molecule has 0 aliphatic carbocycles. The number of anilines is 2. The van der Waals surface area contributed by atoms with E-state index in [0.29, 0.717) is 23.8 Å². The number of hydrazone groups is 1. The average molecular weight is 720 g/mol. The second kappa shape index (κ2) is 16.3. The third-order valence-corrected chi connectivity index (χ3v) is 9.53. The first-order valence-electron chi connectivity index (χ1n) is 15.7. The summed E-state index contributed by atoms with van der Waals surface area (Å²) in [5.41, 5.74) is 3.93. The van der Waals surface area contributed by atoms with Crippen molar-refractivity contribution in [2.45, 2.75) is 50.7 Å². The van der Waals surface area contributed by atoms with Gasteiger partial charge in [-0.25, -0.2) is 0 Å². The van der Waals surface area contributed by atoms with Gasteiger partial charge in [0.1, 0.15) is 11.5 Å². The molecule has 0 spiro atoms. The maximum atomic E-state index is 14.0. The van der Waals surface area contributed by atoms with Gasteiger partial charge < -0.3 is 20.1 Å². The molecule has 4 aromatic rings. The number of aryl methyl sites for hydroxylation is 3.